The van der Waals surface area contributed by atoms with Gasteiger partial charge in [0.15, 0.2) is 11.4 Å². The number of ether oxygens (including phenoxy) is 3. The van der Waals surface area contributed by atoms with Crippen LogP contribution in [0.1, 0.15) is 55.5 Å². The Bertz CT molecular complexity index is 1680. The first-order valence-electron chi connectivity index (χ1n) is 12.5. The summed E-state index contributed by atoms with van der Waals surface area (Å²) in [5.41, 5.74) is -5.50. The molecule has 0 amide bonds. The molecule has 0 fully saturated rings. The molecule has 4 rings (SSSR count). The van der Waals surface area contributed by atoms with Crippen LogP contribution in [-0.4, -0.2) is 36.9 Å². The van der Waals surface area contributed by atoms with Gasteiger partial charge < -0.3 is 14.2 Å². The number of rotatable bonds is 4. The number of fused-ring (bicyclic) bond motifs is 1. The Balaban J connectivity index is 0.000000268. The van der Waals surface area contributed by atoms with E-state index in [4.69, 9.17) is 4.74 Å². The number of nitro groups is 1. The number of methoxy groups -OCH3 is 2. The Kier molecular flexibility index (Phi) is 9.60. The van der Waals surface area contributed by atoms with Gasteiger partial charge in [-0.15, -0.1) is 0 Å². The topological polar surface area (TPSA) is 122 Å². The molecule has 0 aliphatic carbocycles. The smallest absolute Gasteiger partial charge is 0.417 e. The molecule has 16 heteroatoms. The van der Waals surface area contributed by atoms with Crippen LogP contribution < -0.4 is 4.74 Å². The molecule has 0 spiro atoms. The van der Waals surface area contributed by atoms with Gasteiger partial charge in [-0.1, -0.05) is 29.8 Å². The average molecular weight is 645 g/mol. The molecule has 1 atom stereocenters. The Morgan fingerprint density at radius 2 is 1.44 bits per heavy atom. The fraction of sp³-hybridized carbons (Fsp3) is 0.276. The van der Waals surface area contributed by atoms with E-state index in [1.165, 1.54) is 6.92 Å². The van der Waals surface area contributed by atoms with Crippen LogP contribution in [0.15, 0.2) is 48.5 Å². The van der Waals surface area contributed by atoms with Crippen molar-refractivity contribution in [1.82, 2.24) is 0 Å². The highest BCUT2D eigenvalue weighted by Gasteiger charge is 2.44. The number of hydrogen-bond acceptors (Lipinski definition) is 8. The Morgan fingerprint density at radius 3 is 1.93 bits per heavy atom. The molecule has 45 heavy (non-hydrogen) atoms. The number of nitro benzene ring substituents is 1. The van der Waals surface area contributed by atoms with E-state index in [0.717, 1.165) is 31.9 Å². The van der Waals surface area contributed by atoms with Gasteiger partial charge in [0.05, 0.1) is 41.4 Å². The van der Waals surface area contributed by atoms with Crippen molar-refractivity contribution in [2.45, 2.75) is 38.2 Å². The number of benzene rings is 3. The van der Waals surface area contributed by atoms with Gasteiger partial charge in [-0.2, -0.15) is 30.7 Å². The summed E-state index contributed by atoms with van der Waals surface area (Å²) in [5, 5.41) is 10.4. The molecule has 0 N–H and O–H groups in total. The highest BCUT2D eigenvalue weighted by molar-refractivity contribution is 5.95. The van der Waals surface area contributed by atoms with Crippen LogP contribution in [0.5, 0.6) is 5.75 Å². The summed E-state index contributed by atoms with van der Waals surface area (Å²) in [6.45, 7) is 3.38. The molecule has 9 nitrogen and oxygen atoms in total. The zero-order valence-corrected chi connectivity index (χ0v) is 23.7. The van der Waals surface area contributed by atoms with Gasteiger partial charge in [-0.25, -0.2) is 9.59 Å². The second-order valence-corrected chi connectivity index (χ2v) is 9.70. The minimum absolute atomic E-state index is 0.0708. The van der Waals surface area contributed by atoms with Crippen molar-refractivity contribution in [3.8, 4) is 5.75 Å². The molecule has 1 unspecified atom stereocenters. The summed E-state index contributed by atoms with van der Waals surface area (Å²) in [6.07, 6.45) is -9.95. The normalized spacial score (nSPS) is 16.0. The van der Waals surface area contributed by atoms with E-state index < -0.39 is 68.6 Å². The third-order valence-corrected chi connectivity index (χ3v) is 6.67. The van der Waals surface area contributed by atoms with Crippen molar-refractivity contribution >= 4 is 23.4 Å². The fourth-order valence-corrected chi connectivity index (χ4v) is 4.37. The molecule has 0 aromatic heterocycles. The molecule has 0 saturated heterocycles. The third kappa shape index (κ3) is 7.21. The van der Waals surface area contributed by atoms with Crippen LogP contribution in [0.25, 0.3) is 0 Å². The van der Waals surface area contributed by atoms with Crippen molar-refractivity contribution < 1.29 is 64.3 Å². The van der Waals surface area contributed by atoms with Gasteiger partial charge in [-0.05, 0) is 32.0 Å². The fourth-order valence-electron chi connectivity index (χ4n) is 4.37. The van der Waals surface area contributed by atoms with Gasteiger partial charge in [0, 0.05) is 23.6 Å². The van der Waals surface area contributed by atoms with Crippen LogP contribution in [0.4, 0.5) is 36.4 Å². The maximum Gasteiger partial charge on any atom is 0.417 e. The van der Waals surface area contributed by atoms with Crippen molar-refractivity contribution in [1.29, 1.82) is 0 Å². The number of carbonyl (C=O) groups excluding carboxylic acids is 3. The monoisotopic (exact) mass is 645 g/mol. The number of aryl methyl sites for hydroxylation is 1. The molecule has 240 valence electrons. The number of nitrogens with zero attached hydrogens (tertiary/aromatic N) is 1. The number of ketones is 1. The highest BCUT2D eigenvalue weighted by atomic mass is 19.4. The lowest BCUT2D eigenvalue weighted by Crippen LogP contribution is -2.43. The SMILES string of the molecule is COC(=O)c1cc([N+](=O)[O-])c(F)cc1C(F)(F)F.COC(=O)c1cc2c(cc1C(F)(F)F)OC(C)(c1cccc(C)c1)C(=O)C2. The maximum atomic E-state index is 13.4. The number of carbonyl (C=O) groups is 3. The van der Waals surface area contributed by atoms with Crippen molar-refractivity contribution in [2.75, 3.05) is 14.2 Å². The number of Topliss-reactive ketones (excluding diaryl/α,β-unsaturated/α-hetero) is 1. The number of alkyl halides is 6. The first kappa shape index (κ1) is 34.5. The summed E-state index contributed by atoms with van der Waals surface area (Å²) in [6, 6.07) is 8.94. The molecule has 1 aliphatic rings. The van der Waals surface area contributed by atoms with Gasteiger partial charge in [0.1, 0.15) is 5.75 Å². The molecule has 0 saturated carbocycles. The quantitative estimate of drug-likeness (QED) is 0.132. The lowest BCUT2D eigenvalue weighted by atomic mass is 9.84. The van der Waals surface area contributed by atoms with E-state index in [9.17, 15) is 55.2 Å². The van der Waals surface area contributed by atoms with E-state index in [-0.39, 0.29) is 35.6 Å². The number of halogens is 7. The van der Waals surface area contributed by atoms with Crippen molar-refractivity contribution in [3.63, 3.8) is 0 Å². The zero-order chi connectivity index (χ0) is 34.1. The number of hydrogen-bond donors (Lipinski definition) is 0. The van der Waals surface area contributed by atoms with Crippen LogP contribution in [0, 0.1) is 22.9 Å². The van der Waals surface area contributed by atoms with Crippen LogP contribution in [-0.2, 0) is 38.6 Å². The summed E-state index contributed by atoms with van der Waals surface area (Å²) >= 11 is 0. The van der Waals surface area contributed by atoms with Gasteiger partial charge >= 0.3 is 30.0 Å². The zero-order valence-electron chi connectivity index (χ0n) is 23.7. The molecule has 1 heterocycles. The molecular weight excluding hydrogens is 623 g/mol. The van der Waals surface area contributed by atoms with E-state index in [1.807, 2.05) is 13.0 Å². The largest absolute Gasteiger partial charge is 0.475 e. The summed E-state index contributed by atoms with van der Waals surface area (Å²) in [5.74, 6) is -4.62. The predicted molar refractivity (Wildman–Crippen MR) is 140 cm³/mol. The van der Waals surface area contributed by atoms with Gasteiger partial charge in [0.25, 0.3) is 0 Å². The molecule has 0 radical (unpaired) electrons. The van der Waals surface area contributed by atoms with E-state index in [1.54, 1.807) is 18.2 Å². The minimum atomic E-state index is -5.03. The van der Waals surface area contributed by atoms with Crippen LogP contribution in [0.2, 0.25) is 0 Å². The molecule has 3 aromatic rings. The highest BCUT2D eigenvalue weighted by Crippen LogP contribution is 2.43. The Hall–Kier alpha value is -5.02. The minimum Gasteiger partial charge on any atom is -0.475 e. The second-order valence-electron chi connectivity index (χ2n) is 9.70. The first-order valence-corrected chi connectivity index (χ1v) is 12.5. The summed E-state index contributed by atoms with van der Waals surface area (Å²) in [4.78, 5) is 44.8. The average Bonchev–Trinajstić information content (AvgIpc) is 2.95. The Morgan fingerprint density at radius 1 is 0.911 bits per heavy atom. The maximum absolute atomic E-state index is 13.4. The first-order chi connectivity index (χ1) is 20.7. The van der Waals surface area contributed by atoms with Crippen molar-refractivity contribution in [3.05, 3.63) is 103 Å². The van der Waals surface area contributed by atoms with Crippen LogP contribution in [0.3, 0.4) is 0 Å². The Labute approximate surface area is 249 Å². The lowest BCUT2D eigenvalue weighted by Gasteiger charge is -2.35. The van der Waals surface area contributed by atoms with E-state index >= 15 is 0 Å². The molecular formula is C29H22F7NO8. The lowest BCUT2D eigenvalue weighted by molar-refractivity contribution is -0.387. The number of esters is 2. The molecule has 0 bridgehead atoms. The standard InChI is InChI=1S/C20H17F3O4.C9H5F4NO4/c1-11-5-4-6-13(7-11)19(2)17(24)9-12-8-14(18(25)26-3)15(20(21,22)23)10-16(12)27-19;1-18-8(15)4-2-7(14(16)17)6(10)3-5(4)9(11,12)13/h4-8,10H,9H2,1-3H3;2-3H,1H3. The summed E-state index contributed by atoms with van der Waals surface area (Å²) < 4.78 is 105. The van der Waals surface area contributed by atoms with Crippen LogP contribution >= 0.6 is 0 Å². The molecule has 3 aromatic carbocycles. The molecule has 1 aliphatic heterocycles. The second kappa shape index (κ2) is 12.5. The third-order valence-electron chi connectivity index (χ3n) is 6.67. The predicted octanol–water partition coefficient (Wildman–Crippen LogP) is 6.76. The van der Waals surface area contributed by atoms with Gasteiger partial charge in [0.2, 0.25) is 5.82 Å². The summed E-state index contributed by atoms with van der Waals surface area (Å²) in [7, 11) is 1.80. The van der Waals surface area contributed by atoms with Crippen molar-refractivity contribution in [2.24, 2.45) is 0 Å². The van der Waals surface area contributed by atoms with Gasteiger partial charge in [-0.3, -0.25) is 14.9 Å². The van der Waals surface area contributed by atoms with E-state index in [2.05, 4.69) is 9.47 Å². The van der Waals surface area contributed by atoms with E-state index in [0.29, 0.717) is 5.56 Å².